The van der Waals surface area contributed by atoms with E-state index in [2.05, 4.69) is 34.6 Å². The molecule has 4 nitrogen and oxygen atoms in total. The van der Waals surface area contributed by atoms with Gasteiger partial charge in [-0.05, 0) is 43.1 Å². The summed E-state index contributed by atoms with van der Waals surface area (Å²) in [5, 5.41) is 13.5. The molecule has 112 valence electrons. The largest absolute Gasteiger partial charge is 0.497 e. The molecule has 0 bridgehead atoms. The van der Waals surface area contributed by atoms with E-state index < -0.39 is 0 Å². The molecule has 2 unspecified atom stereocenters. The first-order valence-corrected chi connectivity index (χ1v) is 8.77. The number of aromatic nitrogens is 2. The molecule has 1 heterocycles. The van der Waals surface area contributed by atoms with Crippen LogP contribution in [0.3, 0.4) is 0 Å². The van der Waals surface area contributed by atoms with Gasteiger partial charge in [-0.25, -0.2) is 0 Å². The molecule has 21 heavy (non-hydrogen) atoms. The van der Waals surface area contributed by atoms with Crippen molar-refractivity contribution in [3.05, 3.63) is 34.3 Å². The number of hydrogen-bond acceptors (Lipinski definition) is 6. The van der Waals surface area contributed by atoms with Gasteiger partial charge in [0.15, 0.2) is 4.34 Å². The van der Waals surface area contributed by atoms with Gasteiger partial charge < -0.3 is 10.1 Å². The van der Waals surface area contributed by atoms with Crippen molar-refractivity contribution in [1.82, 2.24) is 15.5 Å². The molecule has 1 aromatic heterocycles. The Labute approximate surface area is 133 Å². The van der Waals surface area contributed by atoms with Crippen molar-refractivity contribution < 1.29 is 4.74 Å². The summed E-state index contributed by atoms with van der Waals surface area (Å²) in [6.07, 6.45) is 1.06. The highest BCUT2D eigenvalue weighted by Gasteiger charge is 2.33. The summed E-state index contributed by atoms with van der Waals surface area (Å²) >= 11 is 3.50. The number of benzene rings is 1. The Hall–Kier alpha value is -1.11. The Bertz CT molecular complexity index is 629. The quantitative estimate of drug-likeness (QED) is 0.916. The molecule has 0 saturated heterocycles. The van der Waals surface area contributed by atoms with E-state index in [-0.39, 0.29) is 0 Å². The molecule has 0 aliphatic heterocycles. The normalized spacial score (nSPS) is 20.5. The predicted octanol–water partition coefficient (Wildman–Crippen LogP) is 3.22. The first-order chi connectivity index (χ1) is 10.2. The molecular formula is C15H19N3OS2. The van der Waals surface area contributed by atoms with Crippen LogP contribution in [-0.4, -0.2) is 29.1 Å². The fourth-order valence-electron chi connectivity index (χ4n) is 2.74. The van der Waals surface area contributed by atoms with Gasteiger partial charge in [-0.1, -0.05) is 36.1 Å². The Morgan fingerprint density at radius 2 is 2.29 bits per heavy atom. The highest BCUT2D eigenvalue weighted by molar-refractivity contribution is 8.01. The molecule has 2 atom stereocenters. The Balaban J connectivity index is 1.85. The maximum absolute atomic E-state index is 5.37. The van der Waals surface area contributed by atoms with Gasteiger partial charge in [-0.2, -0.15) is 0 Å². The van der Waals surface area contributed by atoms with Crippen molar-refractivity contribution in [1.29, 1.82) is 0 Å². The van der Waals surface area contributed by atoms with Gasteiger partial charge in [0.1, 0.15) is 10.8 Å². The lowest BCUT2D eigenvalue weighted by atomic mass is 10.1. The van der Waals surface area contributed by atoms with E-state index in [1.807, 2.05) is 24.8 Å². The van der Waals surface area contributed by atoms with E-state index in [9.17, 15) is 0 Å². The second-order valence-electron chi connectivity index (χ2n) is 5.05. The third-order valence-electron chi connectivity index (χ3n) is 3.66. The van der Waals surface area contributed by atoms with Crippen LogP contribution in [-0.2, 0) is 6.42 Å². The molecule has 2 aromatic rings. The molecule has 0 spiro atoms. The number of ether oxygens (including phenoxy) is 1. The number of fused-ring (bicyclic) bond motifs is 1. The first-order valence-electron chi connectivity index (χ1n) is 7.08. The second kappa shape index (κ2) is 6.34. The average molecular weight is 321 g/mol. The molecule has 1 aliphatic carbocycles. The van der Waals surface area contributed by atoms with Gasteiger partial charge in [-0.15, -0.1) is 10.2 Å². The third-order valence-corrected chi connectivity index (χ3v) is 5.86. The van der Waals surface area contributed by atoms with E-state index in [4.69, 9.17) is 4.74 Å². The summed E-state index contributed by atoms with van der Waals surface area (Å²) in [6.45, 7) is 5.10. The zero-order valence-electron chi connectivity index (χ0n) is 12.4. The van der Waals surface area contributed by atoms with Crippen molar-refractivity contribution in [2.75, 3.05) is 13.7 Å². The van der Waals surface area contributed by atoms with Gasteiger partial charge in [0.05, 0.1) is 7.11 Å². The molecule has 0 saturated carbocycles. The van der Waals surface area contributed by atoms with E-state index >= 15 is 0 Å². The molecule has 0 radical (unpaired) electrons. The number of thioether (sulfide) groups is 1. The number of aryl methyl sites for hydroxylation is 1. The summed E-state index contributed by atoms with van der Waals surface area (Å²) in [4.78, 5) is 0. The van der Waals surface area contributed by atoms with Crippen molar-refractivity contribution in [2.45, 2.75) is 35.9 Å². The zero-order valence-corrected chi connectivity index (χ0v) is 14.1. The highest BCUT2D eigenvalue weighted by Crippen LogP contribution is 2.43. The van der Waals surface area contributed by atoms with E-state index in [1.54, 1.807) is 18.4 Å². The van der Waals surface area contributed by atoms with E-state index in [0.29, 0.717) is 11.3 Å². The van der Waals surface area contributed by atoms with Crippen molar-refractivity contribution >= 4 is 23.1 Å². The molecule has 3 rings (SSSR count). The summed E-state index contributed by atoms with van der Waals surface area (Å²) in [7, 11) is 1.72. The Kier molecular flexibility index (Phi) is 4.47. The molecule has 1 N–H and O–H groups in total. The van der Waals surface area contributed by atoms with Gasteiger partial charge in [0.25, 0.3) is 0 Å². The van der Waals surface area contributed by atoms with Crippen LogP contribution in [0.2, 0.25) is 0 Å². The Morgan fingerprint density at radius 3 is 2.95 bits per heavy atom. The fraction of sp³-hybridized carbons (Fsp3) is 0.467. The fourth-order valence-corrected chi connectivity index (χ4v) is 5.07. The summed E-state index contributed by atoms with van der Waals surface area (Å²) < 4.78 is 6.42. The van der Waals surface area contributed by atoms with Crippen LogP contribution in [0.4, 0.5) is 0 Å². The lowest BCUT2D eigenvalue weighted by Crippen LogP contribution is -2.26. The predicted molar refractivity (Wildman–Crippen MR) is 87.4 cm³/mol. The smallest absolute Gasteiger partial charge is 0.174 e. The Morgan fingerprint density at radius 1 is 1.43 bits per heavy atom. The SMILES string of the molecule is CCNC1c2cc(OC)ccc2CC1Sc1nnc(C)s1. The zero-order chi connectivity index (χ0) is 14.8. The van der Waals surface area contributed by atoms with Crippen molar-refractivity contribution in [3.63, 3.8) is 0 Å². The van der Waals surface area contributed by atoms with Crippen LogP contribution in [0, 0.1) is 6.92 Å². The minimum Gasteiger partial charge on any atom is -0.497 e. The minimum absolute atomic E-state index is 0.342. The van der Waals surface area contributed by atoms with Crippen LogP contribution in [0.15, 0.2) is 22.5 Å². The van der Waals surface area contributed by atoms with Crippen LogP contribution in [0.1, 0.15) is 29.1 Å². The maximum atomic E-state index is 5.37. The monoisotopic (exact) mass is 321 g/mol. The number of methoxy groups -OCH3 is 1. The average Bonchev–Trinajstić information content (AvgIpc) is 3.04. The van der Waals surface area contributed by atoms with Gasteiger partial charge in [0.2, 0.25) is 0 Å². The molecule has 0 fully saturated rings. The van der Waals surface area contributed by atoms with Crippen LogP contribution in [0.25, 0.3) is 0 Å². The second-order valence-corrected chi connectivity index (χ2v) is 7.72. The maximum Gasteiger partial charge on any atom is 0.174 e. The lowest BCUT2D eigenvalue weighted by molar-refractivity contribution is 0.413. The minimum atomic E-state index is 0.342. The number of nitrogens with zero attached hydrogens (tertiary/aromatic N) is 2. The third kappa shape index (κ3) is 3.07. The van der Waals surface area contributed by atoms with Crippen LogP contribution in [0.5, 0.6) is 5.75 Å². The van der Waals surface area contributed by atoms with Crippen molar-refractivity contribution in [2.24, 2.45) is 0 Å². The summed E-state index contributed by atoms with van der Waals surface area (Å²) in [6, 6.07) is 6.73. The van der Waals surface area contributed by atoms with Gasteiger partial charge in [0, 0.05) is 11.3 Å². The molecule has 6 heteroatoms. The molecule has 1 aliphatic rings. The topological polar surface area (TPSA) is 47.0 Å². The van der Waals surface area contributed by atoms with E-state index in [1.165, 1.54) is 11.1 Å². The van der Waals surface area contributed by atoms with Crippen LogP contribution < -0.4 is 10.1 Å². The van der Waals surface area contributed by atoms with Crippen LogP contribution >= 0.6 is 23.1 Å². The first kappa shape index (κ1) is 14.8. The van der Waals surface area contributed by atoms with E-state index in [0.717, 1.165) is 28.1 Å². The van der Waals surface area contributed by atoms with Gasteiger partial charge >= 0.3 is 0 Å². The standard InChI is InChI=1S/C15H19N3OS2/c1-4-16-14-12-8-11(19-3)6-5-10(12)7-13(14)21-15-18-17-9(2)20-15/h5-6,8,13-14,16H,4,7H2,1-3H3. The van der Waals surface area contributed by atoms with Gasteiger partial charge in [-0.3, -0.25) is 0 Å². The lowest BCUT2D eigenvalue weighted by Gasteiger charge is -2.20. The molecule has 1 aromatic carbocycles. The number of hydrogen-bond donors (Lipinski definition) is 1. The molecular weight excluding hydrogens is 302 g/mol. The molecule has 0 amide bonds. The number of nitrogens with one attached hydrogen (secondary N) is 1. The van der Waals surface area contributed by atoms with Crippen molar-refractivity contribution in [3.8, 4) is 5.75 Å². The summed E-state index contributed by atoms with van der Waals surface area (Å²) in [5.41, 5.74) is 2.76. The highest BCUT2D eigenvalue weighted by atomic mass is 32.2. The summed E-state index contributed by atoms with van der Waals surface area (Å²) in [5.74, 6) is 0.925. The number of rotatable bonds is 5.